The lowest BCUT2D eigenvalue weighted by molar-refractivity contribution is 0.261. The molecule has 0 radical (unpaired) electrons. The van der Waals surface area contributed by atoms with Crippen molar-refractivity contribution in [2.24, 2.45) is 0 Å². The molecule has 0 bridgehead atoms. The van der Waals surface area contributed by atoms with Gasteiger partial charge in [-0.1, -0.05) is 17.7 Å². The first-order valence-electron chi connectivity index (χ1n) is 9.24. The molecule has 0 saturated carbocycles. The zero-order valence-corrected chi connectivity index (χ0v) is 17.8. The number of rotatable bonds is 7. The normalized spacial score (nSPS) is 15.8. The first-order chi connectivity index (χ1) is 13.4. The molecule has 152 valence electrons. The number of likely N-dealkylation sites (N-methyl/N-ethyl adjacent to an activating group) is 1. The van der Waals surface area contributed by atoms with Crippen LogP contribution in [0.3, 0.4) is 0 Å². The van der Waals surface area contributed by atoms with Gasteiger partial charge < -0.3 is 14.5 Å². The van der Waals surface area contributed by atoms with Crippen molar-refractivity contribution < 1.29 is 13.2 Å². The average molecular weight is 424 g/mol. The highest BCUT2D eigenvalue weighted by Gasteiger charge is 2.28. The average Bonchev–Trinajstić information content (AvgIpc) is 2.68. The number of piperazine rings is 1. The van der Waals surface area contributed by atoms with Crippen molar-refractivity contribution in [1.29, 1.82) is 0 Å². The molecule has 0 unspecified atom stereocenters. The molecule has 1 aliphatic heterocycles. The number of halogens is 1. The summed E-state index contributed by atoms with van der Waals surface area (Å²) in [6.07, 6.45) is 0. The third kappa shape index (κ3) is 5.17. The molecule has 0 atom stereocenters. The number of hydrogen-bond acceptors (Lipinski definition) is 5. The molecule has 0 amide bonds. The maximum Gasteiger partial charge on any atom is 0.243 e. The Labute approximate surface area is 172 Å². The second kappa shape index (κ2) is 9.13. The van der Waals surface area contributed by atoms with Crippen molar-refractivity contribution >= 4 is 27.3 Å². The molecule has 1 aliphatic rings. The number of ether oxygens (including phenoxy) is 1. The van der Waals surface area contributed by atoms with Crippen LogP contribution >= 0.6 is 11.6 Å². The van der Waals surface area contributed by atoms with Gasteiger partial charge in [-0.3, -0.25) is 0 Å². The maximum absolute atomic E-state index is 12.8. The van der Waals surface area contributed by atoms with E-state index in [9.17, 15) is 8.42 Å². The van der Waals surface area contributed by atoms with Gasteiger partial charge in [-0.25, -0.2) is 8.42 Å². The summed E-state index contributed by atoms with van der Waals surface area (Å²) in [6.45, 7) is 3.63. The van der Waals surface area contributed by atoms with Gasteiger partial charge in [0, 0.05) is 49.5 Å². The summed E-state index contributed by atoms with van der Waals surface area (Å²) in [5.74, 6) is 0.829. The van der Waals surface area contributed by atoms with E-state index in [0.29, 0.717) is 37.8 Å². The van der Waals surface area contributed by atoms with Crippen LogP contribution in [0.1, 0.15) is 0 Å². The predicted octanol–water partition coefficient (Wildman–Crippen LogP) is 2.79. The molecule has 1 saturated heterocycles. The molecular weight excluding hydrogens is 398 g/mol. The molecule has 0 aromatic heterocycles. The van der Waals surface area contributed by atoms with Gasteiger partial charge in [0.2, 0.25) is 10.0 Å². The van der Waals surface area contributed by atoms with Crippen LogP contribution < -0.4 is 9.64 Å². The SMILES string of the molecule is CN(C)CCOc1cccc(N2CCN(S(=O)(=O)c3ccc(Cl)cc3)CC2)c1. The standard InChI is InChI=1S/C20H26ClN3O3S/c1-22(2)14-15-27-19-5-3-4-18(16-19)23-10-12-24(13-11-23)28(25,26)20-8-6-17(21)7-9-20/h3-9,16H,10-15H2,1-2H3. The first kappa shape index (κ1) is 20.9. The van der Waals surface area contributed by atoms with Gasteiger partial charge in [-0.15, -0.1) is 0 Å². The Morgan fingerprint density at radius 3 is 2.36 bits per heavy atom. The van der Waals surface area contributed by atoms with Crippen LogP contribution in [0.2, 0.25) is 5.02 Å². The highest BCUT2D eigenvalue weighted by molar-refractivity contribution is 7.89. The lowest BCUT2D eigenvalue weighted by Gasteiger charge is -2.35. The molecule has 0 N–H and O–H groups in total. The minimum Gasteiger partial charge on any atom is -0.492 e. The monoisotopic (exact) mass is 423 g/mol. The fraction of sp³-hybridized carbons (Fsp3) is 0.400. The lowest BCUT2D eigenvalue weighted by Crippen LogP contribution is -2.48. The van der Waals surface area contributed by atoms with Crippen LogP contribution in [0.15, 0.2) is 53.4 Å². The summed E-state index contributed by atoms with van der Waals surface area (Å²) >= 11 is 5.87. The highest BCUT2D eigenvalue weighted by atomic mass is 35.5. The van der Waals surface area contributed by atoms with Crippen LogP contribution in [-0.4, -0.2) is 71.0 Å². The molecule has 2 aromatic carbocycles. The molecule has 1 heterocycles. The number of sulfonamides is 1. The molecule has 0 spiro atoms. The van der Waals surface area contributed by atoms with Gasteiger partial charge in [0.1, 0.15) is 12.4 Å². The van der Waals surface area contributed by atoms with Gasteiger partial charge in [0.05, 0.1) is 4.90 Å². The molecule has 3 rings (SSSR count). The summed E-state index contributed by atoms with van der Waals surface area (Å²) in [5, 5.41) is 0.524. The van der Waals surface area contributed by atoms with Gasteiger partial charge in [-0.2, -0.15) is 4.31 Å². The Kier molecular flexibility index (Phi) is 6.82. The van der Waals surface area contributed by atoms with E-state index in [2.05, 4.69) is 9.80 Å². The zero-order valence-electron chi connectivity index (χ0n) is 16.2. The summed E-state index contributed by atoms with van der Waals surface area (Å²) in [6, 6.07) is 14.3. The fourth-order valence-corrected chi connectivity index (χ4v) is 4.61. The quantitative estimate of drug-likeness (QED) is 0.685. The minimum atomic E-state index is -3.49. The van der Waals surface area contributed by atoms with Crippen LogP contribution in [0.25, 0.3) is 0 Å². The van der Waals surface area contributed by atoms with E-state index in [1.807, 2.05) is 38.4 Å². The van der Waals surface area contributed by atoms with Crippen molar-refractivity contribution in [3.63, 3.8) is 0 Å². The van der Waals surface area contributed by atoms with Crippen LogP contribution in [0.4, 0.5) is 5.69 Å². The Hall–Kier alpha value is -1.80. The second-order valence-corrected chi connectivity index (χ2v) is 9.37. The van der Waals surface area contributed by atoms with Gasteiger partial charge in [0.25, 0.3) is 0 Å². The van der Waals surface area contributed by atoms with Crippen molar-refractivity contribution in [2.75, 3.05) is 58.3 Å². The Morgan fingerprint density at radius 2 is 1.71 bits per heavy atom. The van der Waals surface area contributed by atoms with Crippen molar-refractivity contribution in [3.8, 4) is 5.75 Å². The predicted molar refractivity (Wildman–Crippen MR) is 113 cm³/mol. The minimum absolute atomic E-state index is 0.279. The molecule has 0 aliphatic carbocycles. The largest absolute Gasteiger partial charge is 0.492 e. The van der Waals surface area contributed by atoms with Gasteiger partial charge in [0.15, 0.2) is 0 Å². The Bertz CT molecular complexity index is 880. The van der Waals surface area contributed by atoms with Crippen molar-refractivity contribution in [1.82, 2.24) is 9.21 Å². The van der Waals surface area contributed by atoms with E-state index in [1.165, 1.54) is 4.31 Å². The second-order valence-electron chi connectivity index (χ2n) is 6.99. The van der Waals surface area contributed by atoms with Crippen molar-refractivity contribution in [2.45, 2.75) is 4.90 Å². The smallest absolute Gasteiger partial charge is 0.243 e. The summed E-state index contributed by atoms with van der Waals surface area (Å²) < 4.78 is 33.0. The third-order valence-electron chi connectivity index (χ3n) is 4.68. The molecule has 2 aromatic rings. The summed E-state index contributed by atoms with van der Waals surface area (Å²) in [7, 11) is 0.528. The Morgan fingerprint density at radius 1 is 1.04 bits per heavy atom. The molecule has 6 nitrogen and oxygen atoms in total. The number of anilines is 1. The van der Waals surface area contributed by atoms with Crippen LogP contribution in [-0.2, 0) is 10.0 Å². The number of hydrogen-bond donors (Lipinski definition) is 0. The Balaban J connectivity index is 1.61. The van der Waals surface area contributed by atoms with E-state index >= 15 is 0 Å². The summed E-state index contributed by atoms with van der Waals surface area (Å²) in [4.78, 5) is 4.54. The van der Waals surface area contributed by atoms with Gasteiger partial charge >= 0.3 is 0 Å². The van der Waals surface area contributed by atoms with E-state index in [4.69, 9.17) is 16.3 Å². The maximum atomic E-state index is 12.8. The van der Waals surface area contributed by atoms with E-state index < -0.39 is 10.0 Å². The molecular formula is C20H26ClN3O3S. The van der Waals surface area contributed by atoms with E-state index in [-0.39, 0.29) is 4.90 Å². The number of nitrogens with zero attached hydrogens (tertiary/aromatic N) is 3. The van der Waals surface area contributed by atoms with Crippen LogP contribution in [0, 0.1) is 0 Å². The topological polar surface area (TPSA) is 53.1 Å². The first-order valence-corrected chi connectivity index (χ1v) is 11.1. The van der Waals surface area contributed by atoms with Gasteiger partial charge in [-0.05, 0) is 50.5 Å². The van der Waals surface area contributed by atoms with E-state index in [0.717, 1.165) is 18.0 Å². The highest BCUT2D eigenvalue weighted by Crippen LogP contribution is 2.25. The number of benzene rings is 2. The van der Waals surface area contributed by atoms with Crippen LogP contribution in [0.5, 0.6) is 5.75 Å². The molecule has 8 heteroatoms. The molecule has 28 heavy (non-hydrogen) atoms. The lowest BCUT2D eigenvalue weighted by atomic mass is 10.2. The fourth-order valence-electron chi connectivity index (χ4n) is 3.06. The molecule has 1 fully saturated rings. The zero-order chi connectivity index (χ0) is 20.1. The van der Waals surface area contributed by atoms with E-state index in [1.54, 1.807) is 24.3 Å². The van der Waals surface area contributed by atoms with Crippen molar-refractivity contribution in [3.05, 3.63) is 53.6 Å². The third-order valence-corrected chi connectivity index (χ3v) is 6.84. The summed E-state index contributed by atoms with van der Waals surface area (Å²) in [5.41, 5.74) is 1.05.